The molecule has 44 nitrogen and oxygen atoms in total. The molecule has 16 aromatic rings. The Bertz CT molecular complexity index is 6620. The van der Waals surface area contributed by atoms with E-state index in [1.54, 1.807) is 68.8 Å². The van der Waals surface area contributed by atoms with Gasteiger partial charge in [-0.1, -0.05) is 105 Å². The average Bonchev–Trinajstić information content (AvgIpc) is 1.62. The summed E-state index contributed by atoms with van der Waals surface area (Å²) in [5, 5.41) is 53.4. The second-order valence-corrected chi connectivity index (χ2v) is 35.3. The van der Waals surface area contributed by atoms with Crippen LogP contribution in [-0.4, -0.2) is 283 Å². The largest absolute Gasteiger partial charge is 0.495 e. The zero-order valence-corrected chi connectivity index (χ0v) is 78.6. The van der Waals surface area contributed by atoms with Crippen molar-refractivity contribution in [1.82, 2.24) is 131 Å². The molecule has 704 valence electrons. The second kappa shape index (κ2) is 50.8. The van der Waals surface area contributed by atoms with Crippen LogP contribution in [0.1, 0.15) is 20.7 Å². The number of ketones is 2. The zero-order chi connectivity index (χ0) is 96.4. The van der Waals surface area contributed by atoms with Crippen molar-refractivity contribution >= 4 is 198 Å². The normalized spacial score (nSPS) is 12.5. The number of fused-ring (bicyclic) bond motifs is 5. The molecule has 3 aliphatic heterocycles. The molecule has 0 unspecified atom stereocenters. The number of amides is 1. The maximum Gasteiger partial charge on any atom is 0.391 e. The van der Waals surface area contributed by atoms with E-state index in [4.69, 9.17) is 79.9 Å². The molecule has 0 radical (unpaired) electrons. The summed E-state index contributed by atoms with van der Waals surface area (Å²) >= 11 is 41.9. The molecular formula is C81H83Cl8N28O16P. The molecule has 0 saturated carbocycles. The number of esters is 1. The Morgan fingerprint density at radius 3 is 1.22 bits per heavy atom. The van der Waals surface area contributed by atoms with E-state index in [0.29, 0.717) is 82.0 Å². The monoisotopic (exact) mass is 2010 g/mol. The molecule has 16 heterocycles. The number of carboxylic acids is 1. The lowest BCUT2D eigenvalue weighted by atomic mass is 10.1. The smallest absolute Gasteiger partial charge is 0.391 e. The number of aromatic amines is 6. The number of ether oxygens (including phenoxy) is 7. The number of aliphatic carboxylic acids is 1. The van der Waals surface area contributed by atoms with Gasteiger partial charge in [0.05, 0.1) is 130 Å². The lowest BCUT2D eigenvalue weighted by Gasteiger charge is -2.34. The van der Waals surface area contributed by atoms with Gasteiger partial charge < -0.3 is 98.8 Å². The van der Waals surface area contributed by atoms with Gasteiger partial charge in [0.15, 0.2) is 15.5 Å². The van der Waals surface area contributed by atoms with Crippen molar-refractivity contribution in [2.45, 2.75) is 0 Å². The minimum atomic E-state index is -3.22. The topological polar surface area (TPSA) is 544 Å². The van der Waals surface area contributed by atoms with Gasteiger partial charge in [0, 0.05) is 132 Å². The number of Topliss-reactive ketones (excluding diaryl/α,β-unsaturated/α-hetero) is 2. The number of carbonyl (C=O) groups excluding carboxylic acids is 5. The molecule has 3 saturated heterocycles. The summed E-state index contributed by atoms with van der Waals surface area (Å²) in [5.74, 6) is -0.0308. The number of methoxy groups -OCH3 is 7. The molecule has 3 fully saturated rings. The van der Waals surface area contributed by atoms with Crippen molar-refractivity contribution in [3.05, 3.63) is 213 Å². The first-order chi connectivity index (χ1) is 64.7. The molecule has 10 N–H and O–H groups in total. The maximum atomic E-state index is 13.1. The highest BCUT2D eigenvalue weighted by Crippen LogP contribution is 2.61. The highest BCUT2D eigenvalue weighted by atomic mass is 36.0. The molecule has 3 aliphatic rings. The van der Waals surface area contributed by atoms with Crippen LogP contribution in [0, 0.1) is 0 Å². The second-order valence-electron chi connectivity index (χ2n) is 26.9. The molecule has 134 heavy (non-hydrogen) atoms. The number of benzene rings is 3. The number of halogens is 8. The molecular weight excluding hydrogens is 1940 g/mol. The Morgan fingerprint density at radius 2 is 0.806 bits per heavy atom. The number of nitrogens with one attached hydrogen (secondary N) is 9. The Balaban J connectivity index is 0.000000162. The van der Waals surface area contributed by atoms with Crippen LogP contribution in [0.2, 0.25) is 20.7 Å². The molecule has 0 atom stereocenters. The molecule has 19 rings (SSSR count). The average molecular weight is 2020 g/mol. The van der Waals surface area contributed by atoms with E-state index < -0.39 is 39.9 Å². The summed E-state index contributed by atoms with van der Waals surface area (Å²) in [6, 6.07) is 34.6. The van der Waals surface area contributed by atoms with E-state index in [2.05, 4.69) is 167 Å². The van der Waals surface area contributed by atoms with E-state index in [9.17, 15) is 38.1 Å². The van der Waals surface area contributed by atoms with Crippen LogP contribution < -0.4 is 59.7 Å². The maximum absolute atomic E-state index is 13.1. The number of pyridine rings is 5. The van der Waals surface area contributed by atoms with Gasteiger partial charge >= 0.3 is 22.4 Å². The Morgan fingerprint density at radius 1 is 0.418 bits per heavy atom. The number of aromatic nitrogens is 22. The van der Waals surface area contributed by atoms with Crippen molar-refractivity contribution in [2.75, 3.05) is 138 Å². The zero-order valence-electron chi connectivity index (χ0n) is 71.7. The Labute approximate surface area is 798 Å². The number of carbonyl (C=O) groups is 6. The first-order valence-corrected chi connectivity index (χ1v) is 45.7. The van der Waals surface area contributed by atoms with Crippen LogP contribution in [0.25, 0.3) is 71.6 Å². The SMILES string of the molecule is C1CNCCN1.COC(=O)C(=O)Cl.COc1c[nH]c(=O)c2[nH]ccc12.COc1cnc(Cl)c2[nH]cc(C(=O)C(=O)N3CCN(c4nnnn4-c4ccccc4)CC3)c12.COc1cnc(Cl)c2[nH]cc(C(=O)C(=O)O)c12.COc1cnc(Cl)c2[nH]ccc12.COc1cnc(OC)c2[nH]ccc12.Clc1nnnn1-c1ccccc1.O=P(Cl)(Cl)Cl.c1ccc(-n2nnnc2N2CCNCC2)cc1. The summed E-state index contributed by atoms with van der Waals surface area (Å²) in [4.78, 5) is 118. The number of hydrogen-bond acceptors (Lipinski definition) is 33. The van der Waals surface area contributed by atoms with Gasteiger partial charge in [-0.15, -0.1) is 0 Å². The lowest BCUT2D eigenvalue weighted by Crippen LogP contribution is -2.51. The minimum absolute atomic E-state index is 0.00588. The summed E-state index contributed by atoms with van der Waals surface area (Å²) in [7, 11) is 10.3. The third kappa shape index (κ3) is 27.5. The van der Waals surface area contributed by atoms with Gasteiger partial charge in [-0.2, -0.15) is 14.0 Å². The number of rotatable bonds is 16. The molecule has 0 bridgehead atoms. The number of carboxylic acid groups (broad SMARTS) is 1. The number of tetrazole rings is 3. The quantitative estimate of drug-likeness (QED) is 0.0107. The van der Waals surface area contributed by atoms with E-state index in [-0.39, 0.29) is 38.0 Å². The van der Waals surface area contributed by atoms with Crippen molar-refractivity contribution in [3.63, 3.8) is 0 Å². The summed E-state index contributed by atoms with van der Waals surface area (Å²) < 4.78 is 49.0. The fourth-order valence-electron chi connectivity index (χ4n) is 12.7. The van der Waals surface area contributed by atoms with E-state index in [1.165, 1.54) is 48.6 Å². The number of piperazine rings is 3. The van der Waals surface area contributed by atoms with Crippen LogP contribution in [0.4, 0.5) is 11.9 Å². The van der Waals surface area contributed by atoms with Crippen LogP contribution in [-0.2, 0) is 28.5 Å². The number of para-hydroxylation sites is 3. The summed E-state index contributed by atoms with van der Waals surface area (Å²) in [6.45, 7) is 10.1. The highest BCUT2D eigenvalue weighted by Gasteiger charge is 2.32. The van der Waals surface area contributed by atoms with Gasteiger partial charge in [-0.25, -0.2) is 29.5 Å². The standard InChI is InChI=1S/C21H19ClN8O3.C11H14N6.C10H7ClN2O4.C9H10N2O2.C8H7ClN2O.C8H8N2O2.C7H5ClN4.C4H10N2.C3H3ClO3.Cl3OP/c1-33-15-12-24-19(22)17-16(15)14(11-23-17)18(31)20(32)28-7-9-29(10-8-28)21-25-26-27-30(21)13-5-3-2-4-6-13;1-2-4-10(5-3-1)17-11(13-14-15-17)16-8-6-12-7-9-16;1-17-5-3-13-9(11)7-6(5)4(2-12-7)8(14)10(15)16;1-12-7-5-11-9(13-2)8-6(7)3-4-10-8;1-12-6-4-11-8(9)7-5(6)2-3-10-7;1-12-6-4-10-8(11)7-5(6)2-3-9-7;8-7-9-10-11-12(7)6-4-2-1-3-5-6;1-2-6-4-3-5-1;1-7-3(6)2(4)5;1-5(2,3)4/h2-6,11-12,23H,7-10H2,1H3;1-5,12H,6-9H2;2-3,12H,1H3,(H,15,16);3-5,10H,1-2H3;2-4,10H,1H3;2-4,9H,1H3,(H,10,11);1-5H;5-6H,1-4H2;1H3;. The molecule has 0 aliphatic carbocycles. The Hall–Kier alpha value is -13.6. The summed E-state index contributed by atoms with van der Waals surface area (Å²) in [5.41, 5.74) is 5.80. The predicted octanol–water partition coefficient (Wildman–Crippen LogP) is 11.2. The van der Waals surface area contributed by atoms with Gasteiger partial charge in [0.2, 0.25) is 23.1 Å². The fourth-order valence-corrected chi connectivity index (χ4v) is 13.5. The third-order valence-electron chi connectivity index (χ3n) is 18.9. The molecule has 0 spiro atoms. The van der Waals surface area contributed by atoms with Gasteiger partial charge in [-0.3, -0.25) is 28.5 Å². The van der Waals surface area contributed by atoms with E-state index in [0.717, 1.165) is 121 Å². The molecule has 13 aromatic heterocycles. The minimum Gasteiger partial charge on any atom is -0.495 e. The third-order valence-corrected chi connectivity index (χ3v) is 20.2. The van der Waals surface area contributed by atoms with Crippen LogP contribution >= 0.6 is 96.9 Å². The van der Waals surface area contributed by atoms with E-state index in [1.807, 2.05) is 120 Å². The Kier molecular flexibility index (Phi) is 38.9. The first kappa shape index (κ1) is 102. The number of anilines is 2. The predicted molar refractivity (Wildman–Crippen MR) is 504 cm³/mol. The van der Waals surface area contributed by atoms with Crippen molar-refractivity contribution in [1.29, 1.82) is 0 Å². The fraction of sp³-hybridized carbons (Fsp3) is 0.235. The van der Waals surface area contributed by atoms with Crippen molar-refractivity contribution in [2.24, 2.45) is 0 Å². The molecule has 1 amide bonds. The number of nitrogens with zero attached hydrogens (tertiary/aromatic N) is 19. The molecule has 3 aromatic carbocycles. The van der Waals surface area contributed by atoms with Gasteiger partial charge in [0.1, 0.15) is 39.8 Å². The van der Waals surface area contributed by atoms with Gasteiger partial charge in [0.25, 0.3) is 23.0 Å². The van der Waals surface area contributed by atoms with E-state index >= 15 is 0 Å². The number of H-pyrrole nitrogens is 6. The molecule has 53 heteroatoms. The van der Waals surface area contributed by atoms with Crippen LogP contribution in [0.5, 0.6) is 34.6 Å². The lowest BCUT2D eigenvalue weighted by molar-refractivity contribution is -0.148. The summed E-state index contributed by atoms with van der Waals surface area (Å²) in [6.07, 6.45) is 15.7. The van der Waals surface area contributed by atoms with Crippen molar-refractivity contribution in [3.8, 4) is 51.7 Å². The van der Waals surface area contributed by atoms with Gasteiger partial charge in [-0.05, 0) is 143 Å². The highest BCUT2D eigenvalue weighted by molar-refractivity contribution is 8.24. The number of hydrogen-bond donors (Lipinski definition) is 10. The first-order valence-electron chi connectivity index (χ1n) is 39.4. The van der Waals surface area contributed by atoms with Crippen LogP contribution in [0.15, 0.2) is 176 Å². The van der Waals surface area contributed by atoms with Crippen LogP contribution in [0.3, 0.4) is 0 Å². The van der Waals surface area contributed by atoms with Crippen molar-refractivity contribution < 1.29 is 71.6 Å².